The predicted molar refractivity (Wildman–Crippen MR) is 41.0 cm³/mol. The SMILES string of the molecule is CCCCC(C)=C(F)C(=O)O. The molecule has 0 rings (SSSR count). The smallest absolute Gasteiger partial charge is 0.364 e. The number of allylic oxidation sites excluding steroid dienone is 1. The van der Waals surface area contributed by atoms with Gasteiger partial charge in [0.05, 0.1) is 0 Å². The number of hydrogen-bond acceptors (Lipinski definition) is 1. The third-order valence-corrected chi connectivity index (χ3v) is 1.47. The summed E-state index contributed by atoms with van der Waals surface area (Å²) < 4.78 is 12.5. The van der Waals surface area contributed by atoms with Crippen LogP contribution in [0.15, 0.2) is 11.4 Å². The maximum atomic E-state index is 12.5. The topological polar surface area (TPSA) is 37.3 Å². The van der Waals surface area contributed by atoms with E-state index < -0.39 is 11.8 Å². The highest BCUT2D eigenvalue weighted by Gasteiger charge is 2.08. The van der Waals surface area contributed by atoms with E-state index in [1.54, 1.807) is 0 Å². The van der Waals surface area contributed by atoms with Crippen LogP contribution in [-0.4, -0.2) is 11.1 Å². The summed E-state index contributed by atoms with van der Waals surface area (Å²) in [6, 6.07) is 0. The fourth-order valence-electron chi connectivity index (χ4n) is 0.734. The summed E-state index contributed by atoms with van der Waals surface area (Å²) in [4.78, 5) is 10.1. The molecular formula is C8H13FO2. The van der Waals surface area contributed by atoms with Gasteiger partial charge in [0.2, 0.25) is 5.83 Å². The Balaban J connectivity index is 4.05. The van der Waals surface area contributed by atoms with Crippen molar-refractivity contribution in [2.75, 3.05) is 0 Å². The first kappa shape index (κ1) is 10.1. The van der Waals surface area contributed by atoms with E-state index in [1.807, 2.05) is 6.92 Å². The van der Waals surface area contributed by atoms with Gasteiger partial charge >= 0.3 is 5.97 Å². The molecule has 1 N–H and O–H groups in total. The lowest BCUT2D eigenvalue weighted by Gasteiger charge is -1.98. The molecule has 0 aromatic heterocycles. The van der Waals surface area contributed by atoms with E-state index in [1.165, 1.54) is 6.92 Å². The highest BCUT2D eigenvalue weighted by atomic mass is 19.1. The molecule has 0 aliphatic heterocycles. The molecule has 2 nitrogen and oxygen atoms in total. The molecule has 0 bridgehead atoms. The van der Waals surface area contributed by atoms with Crippen molar-refractivity contribution in [3.8, 4) is 0 Å². The van der Waals surface area contributed by atoms with Crippen molar-refractivity contribution in [2.24, 2.45) is 0 Å². The van der Waals surface area contributed by atoms with Gasteiger partial charge in [0.1, 0.15) is 0 Å². The van der Waals surface area contributed by atoms with Gasteiger partial charge in [-0.15, -0.1) is 0 Å². The molecule has 0 unspecified atom stereocenters. The Morgan fingerprint density at radius 1 is 1.55 bits per heavy atom. The van der Waals surface area contributed by atoms with Crippen molar-refractivity contribution in [1.82, 2.24) is 0 Å². The average Bonchev–Trinajstić information content (AvgIpc) is 1.98. The maximum absolute atomic E-state index is 12.5. The molecule has 0 radical (unpaired) electrons. The normalized spacial score (nSPS) is 12.6. The first-order chi connectivity index (χ1) is 5.09. The van der Waals surface area contributed by atoms with Gasteiger partial charge in [-0.1, -0.05) is 13.3 Å². The summed E-state index contributed by atoms with van der Waals surface area (Å²) in [7, 11) is 0. The molecule has 0 fully saturated rings. The summed E-state index contributed by atoms with van der Waals surface area (Å²) in [6.07, 6.45) is 2.32. The Bertz CT molecular complexity index is 173. The van der Waals surface area contributed by atoms with E-state index in [2.05, 4.69) is 0 Å². The number of aliphatic carboxylic acids is 1. The first-order valence-electron chi connectivity index (χ1n) is 3.68. The summed E-state index contributed by atoms with van der Waals surface area (Å²) in [5, 5.41) is 8.22. The Morgan fingerprint density at radius 3 is 2.45 bits per heavy atom. The third kappa shape index (κ3) is 3.75. The highest BCUT2D eigenvalue weighted by molar-refractivity contribution is 5.84. The lowest BCUT2D eigenvalue weighted by atomic mass is 10.1. The van der Waals surface area contributed by atoms with Gasteiger partial charge in [-0.05, 0) is 25.3 Å². The van der Waals surface area contributed by atoms with Gasteiger partial charge in [0.25, 0.3) is 0 Å². The molecule has 64 valence electrons. The zero-order chi connectivity index (χ0) is 8.85. The van der Waals surface area contributed by atoms with Crippen LogP contribution in [0.25, 0.3) is 0 Å². The molecule has 0 amide bonds. The summed E-state index contributed by atoms with van der Waals surface area (Å²) in [6.45, 7) is 3.49. The van der Waals surface area contributed by atoms with Crippen molar-refractivity contribution < 1.29 is 14.3 Å². The molecule has 0 aromatic rings. The zero-order valence-corrected chi connectivity index (χ0v) is 6.85. The predicted octanol–water partition coefficient (Wildman–Crippen LogP) is 2.50. The molecule has 3 heteroatoms. The molecular weight excluding hydrogens is 147 g/mol. The third-order valence-electron chi connectivity index (χ3n) is 1.47. The molecule has 0 aromatic carbocycles. The summed E-state index contributed by atoms with van der Waals surface area (Å²) in [5.41, 5.74) is 0.333. The Morgan fingerprint density at radius 2 is 2.09 bits per heavy atom. The van der Waals surface area contributed by atoms with Crippen LogP contribution in [0, 0.1) is 0 Å². The van der Waals surface area contributed by atoms with Crippen LogP contribution >= 0.6 is 0 Å². The molecule has 0 aliphatic carbocycles. The molecule has 0 saturated carbocycles. The Hall–Kier alpha value is -0.860. The fraction of sp³-hybridized carbons (Fsp3) is 0.625. The van der Waals surface area contributed by atoms with E-state index in [0.29, 0.717) is 12.0 Å². The van der Waals surface area contributed by atoms with Crippen LogP contribution < -0.4 is 0 Å². The van der Waals surface area contributed by atoms with Crippen LogP contribution in [0.4, 0.5) is 4.39 Å². The largest absolute Gasteiger partial charge is 0.476 e. The Labute approximate surface area is 65.7 Å². The molecule has 0 aliphatic rings. The standard InChI is InChI=1S/C8H13FO2/c1-3-4-5-6(2)7(9)8(10)11/h3-5H2,1-2H3,(H,10,11). The van der Waals surface area contributed by atoms with E-state index in [4.69, 9.17) is 5.11 Å². The van der Waals surface area contributed by atoms with Gasteiger partial charge in [-0.3, -0.25) is 0 Å². The summed E-state index contributed by atoms with van der Waals surface area (Å²) >= 11 is 0. The van der Waals surface area contributed by atoms with E-state index >= 15 is 0 Å². The quantitative estimate of drug-likeness (QED) is 0.641. The van der Waals surface area contributed by atoms with Crippen LogP contribution in [0.3, 0.4) is 0 Å². The zero-order valence-electron chi connectivity index (χ0n) is 6.85. The number of rotatable bonds is 4. The Kier molecular flexibility index (Phi) is 4.50. The molecule has 11 heavy (non-hydrogen) atoms. The first-order valence-corrected chi connectivity index (χ1v) is 3.68. The number of unbranched alkanes of at least 4 members (excludes halogenated alkanes) is 1. The minimum atomic E-state index is -1.46. The van der Waals surface area contributed by atoms with Gasteiger partial charge in [0.15, 0.2) is 0 Å². The highest BCUT2D eigenvalue weighted by Crippen LogP contribution is 2.12. The number of hydrogen-bond donors (Lipinski definition) is 1. The number of carboxylic acids is 1. The van der Waals surface area contributed by atoms with Crippen LogP contribution in [0.1, 0.15) is 33.1 Å². The van der Waals surface area contributed by atoms with Crippen LogP contribution in [-0.2, 0) is 4.79 Å². The van der Waals surface area contributed by atoms with Crippen molar-refractivity contribution >= 4 is 5.97 Å². The van der Waals surface area contributed by atoms with Crippen molar-refractivity contribution in [2.45, 2.75) is 33.1 Å². The van der Waals surface area contributed by atoms with Gasteiger partial charge < -0.3 is 5.11 Å². The van der Waals surface area contributed by atoms with Gasteiger partial charge in [-0.2, -0.15) is 4.39 Å². The van der Waals surface area contributed by atoms with E-state index in [0.717, 1.165) is 12.8 Å². The van der Waals surface area contributed by atoms with Gasteiger partial charge in [-0.25, -0.2) is 4.79 Å². The minimum absolute atomic E-state index is 0.333. The number of carbonyl (C=O) groups is 1. The van der Waals surface area contributed by atoms with Crippen molar-refractivity contribution in [3.63, 3.8) is 0 Å². The summed E-state index contributed by atoms with van der Waals surface area (Å²) in [5.74, 6) is -2.46. The second kappa shape index (κ2) is 4.88. The monoisotopic (exact) mass is 160 g/mol. The van der Waals surface area contributed by atoms with Crippen LogP contribution in [0.2, 0.25) is 0 Å². The van der Waals surface area contributed by atoms with Gasteiger partial charge in [0, 0.05) is 0 Å². The number of carboxylic acid groups (broad SMARTS) is 1. The second-order valence-corrected chi connectivity index (χ2v) is 2.50. The average molecular weight is 160 g/mol. The minimum Gasteiger partial charge on any atom is -0.476 e. The molecule has 0 saturated heterocycles. The lowest BCUT2D eigenvalue weighted by molar-refractivity contribution is -0.134. The van der Waals surface area contributed by atoms with Crippen molar-refractivity contribution in [1.29, 1.82) is 0 Å². The van der Waals surface area contributed by atoms with Crippen LogP contribution in [0.5, 0.6) is 0 Å². The number of halogens is 1. The second-order valence-electron chi connectivity index (χ2n) is 2.50. The molecule has 0 spiro atoms. The molecule has 0 heterocycles. The molecule has 0 atom stereocenters. The van der Waals surface area contributed by atoms with E-state index in [9.17, 15) is 9.18 Å². The fourth-order valence-corrected chi connectivity index (χ4v) is 0.734. The van der Waals surface area contributed by atoms with Crippen molar-refractivity contribution in [3.05, 3.63) is 11.4 Å². The maximum Gasteiger partial charge on any atom is 0.364 e. The lowest BCUT2D eigenvalue weighted by Crippen LogP contribution is -1.98. The van der Waals surface area contributed by atoms with E-state index in [-0.39, 0.29) is 0 Å².